The van der Waals surface area contributed by atoms with Gasteiger partial charge in [-0.05, 0) is 25.1 Å². The van der Waals surface area contributed by atoms with Crippen LogP contribution in [0.5, 0.6) is 0 Å². The molecular weight excluding hydrogens is 256 g/mol. The molecule has 0 saturated carbocycles. The summed E-state index contributed by atoms with van der Waals surface area (Å²) in [7, 11) is 0. The van der Waals surface area contributed by atoms with E-state index in [9.17, 15) is 9.59 Å². The third-order valence-corrected chi connectivity index (χ3v) is 2.73. The number of nitrogens with zero attached hydrogens (tertiary/aromatic N) is 1. The van der Waals surface area contributed by atoms with Gasteiger partial charge in [0.05, 0.1) is 18.5 Å². The van der Waals surface area contributed by atoms with Crippen molar-refractivity contribution in [1.29, 1.82) is 0 Å². The molecule has 0 unspecified atom stereocenters. The van der Waals surface area contributed by atoms with Crippen LogP contribution in [0.25, 0.3) is 10.9 Å². The fraction of sp³-hybridized carbons (Fsp3) is 0.267. The molecule has 1 amide bonds. The number of benzene rings is 1. The van der Waals surface area contributed by atoms with Gasteiger partial charge in [-0.25, -0.2) is 4.98 Å². The molecule has 0 aliphatic carbocycles. The number of carbonyl (C=O) groups is 2. The zero-order valence-electron chi connectivity index (χ0n) is 11.3. The number of para-hydroxylation sites is 1. The molecule has 1 aromatic heterocycles. The molecule has 0 aliphatic rings. The predicted octanol–water partition coefficient (Wildman–Crippen LogP) is 2.52. The van der Waals surface area contributed by atoms with Gasteiger partial charge in [-0.1, -0.05) is 18.2 Å². The lowest BCUT2D eigenvalue weighted by Crippen LogP contribution is -2.15. The molecular formula is C15H16N2O3. The molecule has 0 atom stereocenters. The summed E-state index contributed by atoms with van der Waals surface area (Å²) in [6.07, 6.45) is 0.167. The van der Waals surface area contributed by atoms with Crippen molar-refractivity contribution in [3.8, 4) is 0 Å². The minimum Gasteiger partial charge on any atom is -0.466 e. The van der Waals surface area contributed by atoms with Crippen LogP contribution in [0.2, 0.25) is 0 Å². The maximum Gasteiger partial charge on any atom is 0.306 e. The maximum atomic E-state index is 11.7. The molecule has 0 bridgehead atoms. The number of hydrogen-bond acceptors (Lipinski definition) is 4. The highest BCUT2D eigenvalue weighted by atomic mass is 16.5. The monoisotopic (exact) mass is 272 g/mol. The average Bonchev–Trinajstić information content (AvgIpc) is 2.45. The topological polar surface area (TPSA) is 68.3 Å². The van der Waals surface area contributed by atoms with E-state index < -0.39 is 0 Å². The van der Waals surface area contributed by atoms with E-state index in [2.05, 4.69) is 10.3 Å². The number of ether oxygens (including phenoxy) is 1. The molecule has 1 N–H and O–H groups in total. The van der Waals surface area contributed by atoms with E-state index in [0.717, 1.165) is 10.9 Å². The molecule has 0 spiro atoms. The van der Waals surface area contributed by atoms with E-state index in [-0.39, 0.29) is 24.7 Å². The van der Waals surface area contributed by atoms with Gasteiger partial charge >= 0.3 is 5.97 Å². The Labute approximate surface area is 117 Å². The van der Waals surface area contributed by atoms with Crippen molar-refractivity contribution in [3.05, 3.63) is 36.4 Å². The number of anilines is 1. The van der Waals surface area contributed by atoms with Gasteiger partial charge in [0.25, 0.3) is 0 Å². The third-order valence-electron chi connectivity index (χ3n) is 2.73. The number of pyridine rings is 1. The Morgan fingerprint density at radius 3 is 2.75 bits per heavy atom. The van der Waals surface area contributed by atoms with Gasteiger partial charge in [0, 0.05) is 11.8 Å². The van der Waals surface area contributed by atoms with Gasteiger partial charge in [0.2, 0.25) is 5.91 Å². The first-order valence-corrected chi connectivity index (χ1v) is 6.50. The summed E-state index contributed by atoms with van der Waals surface area (Å²) in [5.74, 6) is -0.132. The zero-order valence-corrected chi connectivity index (χ0v) is 11.3. The number of rotatable bonds is 5. The van der Waals surface area contributed by atoms with Crippen molar-refractivity contribution in [2.24, 2.45) is 0 Å². The Morgan fingerprint density at radius 2 is 1.95 bits per heavy atom. The second kappa shape index (κ2) is 6.65. The second-order valence-corrected chi connectivity index (χ2v) is 4.24. The van der Waals surface area contributed by atoms with Gasteiger partial charge in [-0.2, -0.15) is 0 Å². The van der Waals surface area contributed by atoms with Crippen molar-refractivity contribution in [3.63, 3.8) is 0 Å². The number of hydrogen-bond donors (Lipinski definition) is 1. The fourth-order valence-electron chi connectivity index (χ4n) is 1.79. The number of amides is 1. The molecule has 5 heteroatoms. The molecule has 104 valence electrons. The van der Waals surface area contributed by atoms with Gasteiger partial charge < -0.3 is 10.1 Å². The van der Waals surface area contributed by atoms with Gasteiger partial charge in [-0.15, -0.1) is 0 Å². The Morgan fingerprint density at radius 1 is 1.15 bits per heavy atom. The Kier molecular flexibility index (Phi) is 4.65. The highest BCUT2D eigenvalue weighted by Crippen LogP contribution is 2.14. The Balaban J connectivity index is 1.94. The standard InChI is InChI=1S/C15H16N2O3/c1-2-20-15(19)10-9-14(18)17-13-8-7-11-5-3-4-6-12(11)16-13/h3-8H,2,9-10H2,1H3,(H,16,17,18). The van der Waals surface area contributed by atoms with Gasteiger partial charge in [-0.3, -0.25) is 9.59 Å². The molecule has 1 heterocycles. The molecule has 5 nitrogen and oxygen atoms in total. The number of esters is 1. The lowest BCUT2D eigenvalue weighted by Gasteiger charge is -2.05. The summed E-state index contributed by atoms with van der Waals surface area (Å²) in [6.45, 7) is 2.06. The van der Waals surface area contributed by atoms with E-state index in [4.69, 9.17) is 4.74 Å². The van der Waals surface area contributed by atoms with Gasteiger partial charge in [0.1, 0.15) is 5.82 Å². The number of nitrogens with one attached hydrogen (secondary N) is 1. The van der Waals surface area contributed by atoms with E-state index in [1.54, 1.807) is 13.0 Å². The molecule has 20 heavy (non-hydrogen) atoms. The third kappa shape index (κ3) is 3.78. The van der Waals surface area contributed by atoms with Gasteiger partial charge in [0.15, 0.2) is 0 Å². The normalized spacial score (nSPS) is 10.2. The van der Waals surface area contributed by atoms with E-state index in [1.165, 1.54) is 0 Å². The molecule has 0 fully saturated rings. The van der Waals surface area contributed by atoms with Crippen LogP contribution >= 0.6 is 0 Å². The van der Waals surface area contributed by atoms with Crippen LogP contribution in [-0.2, 0) is 14.3 Å². The first-order valence-electron chi connectivity index (χ1n) is 6.50. The molecule has 0 radical (unpaired) electrons. The lowest BCUT2D eigenvalue weighted by molar-refractivity contribution is -0.144. The van der Waals surface area contributed by atoms with Crippen molar-refractivity contribution >= 4 is 28.6 Å². The van der Waals surface area contributed by atoms with E-state index >= 15 is 0 Å². The summed E-state index contributed by atoms with van der Waals surface area (Å²) < 4.78 is 4.77. The molecule has 0 aliphatic heterocycles. The van der Waals surface area contributed by atoms with Crippen LogP contribution < -0.4 is 5.32 Å². The van der Waals surface area contributed by atoms with Crippen LogP contribution in [0, 0.1) is 0 Å². The van der Waals surface area contributed by atoms with Crippen LogP contribution in [0.1, 0.15) is 19.8 Å². The van der Waals surface area contributed by atoms with Crippen LogP contribution in [0.3, 0.4) is 0 Å². The number of carbonyl (C=O) groups excluding carboxylic acids is 2. The smallest absolute Gasteiger partial charge is 0.306 e. The molecule has 1 aromatic carbocycles. The van der Waals surface area contributed by atoms with Crippen molar-refractivity contribution in [2.45, 2.75) is 19.8 Å². The SMILES string of the molecule is CCOC(=O)CCC(=O)Nc1ccc2ccccc2n1. The van der Waals surface area contributed by atoms with E-state index in [1.807, 2.05) is 30.3 Å². The second-order valence-electron chi connectivity index (χ2n) is 4.24. The van der Waals surface area contributed by atoms with Crippen molar-refractivity contribution < 1.29 is 14.3 Å². The highest BCUT2D eigenvalue weighted by molar-refractivity contribution is 5.93. The first kappa shape index (κ1) is 14.0. The minimum atomic E-state index is -0.367. The Hall–Kier alpha value is -2.43. The highest BCUT2D eigenvalue weighted by Gasteiger charge is 2.08. The van der Waals surface area contributed by atoms with Crippen molar-refractivity contribution in [2.75, 3.05) is 11.9 Å². The summed E-state index contributed by atoms with van der Waals surface area (Å²) in [4.78, 5) is 27.2. The van der Waals surface area contributed by atoms with Crippen molar-refractivity contribution in [1.82, 2.24) is 4.98 Å². The predicted molar refractivity (Wildman–Crippen MR) is 76.2 cm³/mol. The average molecular weight is 272 g/mol. The summed E-state index contributed by atoms with van der Waals surface area (Å²) in [5, 5.41) is 3.68. The number of fused-ring (bicyclic) bond motifs is 1. The fourth-order valence-corrected chi connectivity index (χ4v) is 1.79. The summed E-state index contributed by atoms with van der Waals surface area (Å²) in [6, 6.07) is 11.3. The first-order chi connectivity index (χ1) is 9.69. The minimum absolute atomic E-state index is 0.0766. The Bertz CT molecular complexity index is 625. The number of aromatic nitrogens is 1. The quantitative estimate of drug-likeness (QED) is 0.849. The molecule has 2 aromatic rings. The maximum absolute atomic E-state index is 11.7. The summed E-state index contributed by atoms with van der Waals surface area (Å²) in [5.41, 5.74) is 0.815. The van der Waals surface area contributed by atoms with Crippen LogP contribution in [0.4, 0.5) is 5.82 Å². The lowest BCUT2D eigenvalue weighted by atomic mass is 10.2. The van der Waals surface area contributed by atoms with E-state index in [0.29, 0.717) is 12.4 Å². The van der Waals surface area contributed by atoms with Crippen LogP contribution in [0.15, 0.2) is 36.4 Å². The molecule has 2 rings (SSSR count). The molecule has 0 saturated heterocycles. The largest absolute Gasteiger partial charge is 0.466 e. The van der Waals surface area contributed by atoms with Crippen LogP contribution in [-0.4, -0.2) is 23.5 Å². The summed E-state index contributed by atoms with van der Waals surface area (Å²) >= 11 is 0. The zero-order chi connectivity index (χ0) is 14.4.